The van der Waals surface area contributed by atoms with Crippen LogP contribution in [-0.2, 0) is 11.2 Å². The fourth-order valence-electron chi connectivity index (χ4n) is 4.94. The highest BCUT2D eigenvalue weighted by atomic mass is 16.3. The summed E-state index contributed by atoms with van der Waals surface area (Å²) < 4.78 is 7.02. The van der Waals surface area contributed by atoms with E-state index in [1.165, 1.54) is 0 Å². The first-order valence-electron chi connectivity index (χ1n) is 11.1. The van der Waals surface area contributed by atoms with Crippen molar-refractivity contribution in [1.29, 1.82) is 0 Å². The number of hydrogen-bond acceptors (Lipinski definition) is 5. The number of H-pyrrole nitrogens is 1. The second-order valence-electron chi connectivity index (χ2n) is 9.02. The molecule has 2 aromatic carbocycles. The van der Waals surface area contributed by atoms with E-state index in [1.54, 1.807) is 10.8 Å². The lowest BCUT2D eigenvalue weighted by molar-refractivity contribution is -0.129. The minimum atomic E-state index is -0.468. The second kappa shape index (κ2) is 7.31. The lowest BCUT2D eigenvalue weighted by Gasteiger charge is -2.26. The Hall–Kier alpha value is -3.45. The summed E-state index contributed by atoms with van der Waals surface area (Å²) >= 11 is 0. The van der Waals surface area contributed by atoms with Crippen LogP contribution in [0.5, 0.6) is 0 Å². The zero-order valence-electron chi connectivity index (χ0n) is 17.6. The van der Waals surface area contributed by atoms with Gasteiger partial charge in [0.1, 0.15) is 17.2 Å². The number of aromatic amines is 1. The Balaban J connectivity index is 1.32. The molecule has 1 atom stereocenters. The predicted octanol–water partition coefficient (Wildman–Crippen LogP) is 3.48. The van der Waals surface area contributed by atoms with Crippen LogP contribution in [0, 0.1) is 11.3 Å². The van der Waals surface area contributed by atoms with Gasteiger partial charge in [-0.1, -0.05) is 18.2 Å². The van der Waals surface area contributed by atoms with E-state index in [0.29, 0.717) is 24.6 Å². The number of benzene rings is 2. The molecular weight excluding hydrogens is 404 g/mol. The van der Waals surface area contributed by atoms with Gasteiger partial charge in [0, 0.05) is 29.7 Å². The summed E-state index contributed by atoms with van der Waals surface area (Å²) in [6.07, 6.45) is 4.91. The van der Waals surface area contributed by atoms with E-state index in [1.807, 2.05) is 42.5 Å². The number of nitrogens with zero attached hydrogens (tertiary/aromatic N) is 2. The third kappa shape index (κ3) is 3.20. The SMILES string of the molecule is O=C(C1CC1)[C@@]1(Cc2n[nH]c(=O)n2-c2ccc(-c3ccc4occc4c3)cc2)CCNC1. The highest BCUT2D eigenvalue weighted by Crippen LogP contribution is 2.42. The number of hydrogen-bond donors (Lipinski definition) is 2. The van der Waals surface area contributed by atoms with Gasteiger partial charge < -0.3 is 9.73 Å². The standard InChI is InChI=1S/C25H24N4O3/c30-23(17-1-2-17)25(10-11-26-15-25)14-22-27-28-24(31)29(22)20-6-3-16(4-7-20)18-5-8-21-19(13-18)9-12-32-21/h3-9,12-13,17,26H,1-2,10-11,14-15H2,(H,28,31)/t25-/m1/s1. The van der Waals surface area contributed by atoms with Crippen LogP contribution in [0.25, 0.3) is 27.8 Å². The second-order valence-corrected chi connectivity index (χ2v) is 9.02. The van der Waals surface area contributed by atoms with Gasteiger partial charge in [-0.15, -0.1) is 0 Å². The summed E-state index contributed by atoms with van der Waals surface area (Å²) in [5, 5.41) is 11.3. The first-order valence-corrected chi connectivity index (χ1v) is 11.1. The molecule has 0 radical (unpaired) electrons. The summed E-state index contributed by atoms with van der Waals surface area (Å²) in [7, 11) is 0. The quantitative estimate of drug-likeness (QED) is 0.491. The van der Waals surface area contributed by atoms with Crippen LogP contribution < -0.4 is 11.0 Å². The number of furan rings is 1. The van der Waals surface area contributed by atoms with Crippen LogP contribution in [-0.4, -0.2) is 33.6 Å². The number of ketones is 1. The predicted molar refractivity (Wildman–Crippen MR) is 121 cm³/mol. The first-order chi connectivity index (χ1) is 15.6. The van der Waals surface area contributed by atoms with E-state index in [4.69, 9.17) is 4.42 Å². The summed E-state index contributed by atoms with van der Waals surface area (Å²) in [5.41, 5.74) is 2.98. The Labute approximate surface area is 184 Å². The molecule has 1 aliphatic carbocycles. The Kier molecular flexibility index (Phi) is 4.40. The Morgan fingerprint density at radius 3 is 2.69 bits per heavy atom. The molecule has 0 amide bonds. The maximum Gasteiger partial charge on any atom is 0.347 e. The summed E-state index contributed by atoms with van der Waals surface area (Å²) in [5.74, 6) is 1.12. The molecule has 2 aromatic heterocycles. The normalized spacial score (nSPS) is 20.8. The molecular formula is C25H24N4O3. The van der Waals surface area contributed by atoms with Gasteiger partial charge in [0.25, 0.3) is 0 Å². The van der Waals surface area contributed by atoms with Gasteiger partial charge in [0.15, 0.2) is 0 Å². The lowest BCUT2D eigenvalue weighted by Crippen LogP contribution is -2.38. The van der Waals surface area contributed by atoms with Crippen LogP contribution >= 0.6 is 0 Å². The average Bonchev–Trinajstić information content (AvgIpc) is 3.19. The molecule has 0 spiro atoms. The van der Waals surface area contributed by atoms with Crippen LogP contribution in [0.15, 0.2) is 64.0 Å². The van der Waals surface area contributed by atoms with Crippen molar-refractivity contribution in [3.8, 4) is 16.8 Å². The van der Waals surface area contributed by atoms with Gasteiger partial charge >= 0.3 is 5.69 Å². The zero-order chi connectivity index (χ0) is 21.7. The van der Waals surface area contributed by atoms with Gasteiger partial charge in [0.2, 0.25) is 0 Å². The molecule has 162 valence electrons. The average molecular weight is 428 g/mol. The Bertz CT molecular complexity index is 1350. The van der Waals surface area contributed by atoms with E-state index < -0.39 is 5.41 Å². The maximum atomic E-state index is 13.1. The van der Waals surface area contributed by atoms with Crippen molar-refractivity contribution in [2.45, 2.75) is 25.7 Å². The van der Waals surface area contributed by atoms with Crippen molar-refractivity contribution in [2.75, 3.05) is 13.1 Å². The molecule has 3 heterocycles. The molecule has 2 aliphatic rings. The molecule has 1 aliphatic heterocycles. The van der Waals surface area contributed by atoms with Crippen LogP contribution in [0.4, 0.5) is 0 Å². The molecule has 7 heteroatoms. The number of nitrogens with one attached hydrogen (secondary N) is 2. The van der Waals surface area contributed by atoms with Gasteiger partial charge in [-0.05, 0) is 67.3 Å². The van der Waals surface area contributed by atoms with E-state index >= 15 is 0 Å². The van der Waals surface area contributed by atoms with Crippen molar-refractivity contribution in [2.24, 2.45) is 11.3 Å². The topological polar surface area (TPSA) is 92.9 Å². The maximum absolute atomic E-state index is 13.1. The Morgan fingerprint density at radius 1 is 1.12 bits per heavy atom. The monoisotopic (exact) mass is 428 g/mol. The summed E-state index contributed by atoms with van der Waals surface area (Å²) in [6.45, 7) is 1.47. The Morgan fingerprint density at radius 2 is 1.94 bits per heavy atom. The van der Waals surface area contributed by atoms with Gasteiger partial charge in [-0.25, -0.2) is 14.5 Å². The molecule has 2 fully saturated rings. The van der Waals surface area contributed by atoms with E-state index in [2.05, 4.69) is 21.6 Å². The van der Waals surface area contributed by atoms with E-state index in [0.717, 1.165) is 53.6 Å². The summed E-state index contributed by atoms with van der Waals surface area (Å²) in [4.78, 5) is 25.7. The fraction of sp³-hybridized carbons (Fsp3) is 0.320. The molecule has 0 unspecified atom stereocenters. The molecule has 2 N–H and O–H groups in total. The zero-order valence-corrected chi connectivity index (χ0v) is 17.6. The van der Waals surface area contributed by atoms with Crippen LogP contribution in [0.1, 0.15) is 25.1 Å². The number of Topliss-reactive ketones (excluding diaryl/α,β-unsaturated/α-hetero) is 1. The third-order valence-electron chi connectivity index (χ3n) is 6.86. The summed E-state index contributed by atoms with van der Waals surface area (Å²) in [6, 6.07) is 15.9. The van der Waals surface area contributed by atoms with Gasteiger partial charge in [-0.2, -0.15) is 5.10 Å². The van der Waals surface area contributed by atoms with Crippen molar-refractivity contribution >= 4 is 16.8 Å². The van der Waals surface area contributed by atoms with Crippen LogP contribution in [0.3, 0.4) is 0 Å². The highest BCUT2D eigenvalue weighted by molar-refractivity contribution is 5.89. The first kappa shape index (κ1) is 19.3. The largest absolute Gasteiger partial charge is 0.464 e. The minimum absolute atomic E-state index is 0.181. The van der Waals surface area contributed by atoms with E-state index in [-0.39, 0.29) is 11.6 Å². The molecule has 6 rings (SSSR count). The number of carbonyl (C=O) groups is 1. The molecule has 1 saturated heterocycles. The molecule has 0 bridgehead atoms. The van der Waals surface area contributed by atoms with Gasteiger partial charge in [-0.3, -0.25) is 4.79 Å². The number of rotatable bonds is 6. The van der Waals surface area contributed by atoms with Crippen molar-refractivity contribution in [1.82, 2.24) is 20.1 Å². The third-order valence-corrected chi connectivity index (χ3v) is 6.86. The molecule has 7 nitrogen and oxygen atoms in total. The highest BCUT2D eigenvalue weighted by Gasteiger charge is 2.48. The number of carbonyl (C=O) groups excluding carboxylic acids is 1. The molecule has 1 saturated carbocycles. The fourth-order valence-corrected chi connectivity index (χ4v) is 4.94. The smallest absolute Gasteiger partial charge is 0.347 e. The van der Waals surface area contributed by atoms with E-state index in [9.17, 15) is 9.59 Å². The van der Waals surface area contributed by atoms with Crippen molar-refractivity contribution < 1.29 is 9.21 Å². The minimum Gasteiger partial charge on any atom is -0.464 e. The molecule has 4 aromatic rings. The van der Waals surface area contributed by atoms with Crippen LogP contribution in [0.2, 0.25) is 0 Å². The lowest BCUT2D eigenvalue weighted by atomic mass is 9.77. The van der Waals surface area contributed by atoms with Gasteiger partial charge in [0.05, 0.1) is 12.0 Å². The molecule has 32 heavy (non-hydrogen) atoms. The number of fused-ring (bicyclic) bond motifs is 1. The van der Waals surface area contributed by atoms with Crippen molar-refractivity contribution in [3.05, 3.63) is 71.1 Å². The van der Waals surface area contributed by atoms with Crippen molar-refractivity contribution in [3.63, 3.8) is 0 Å². The number of aromatic nitrogens is 3.